The molecule has 0 radical (unpaired) electrons. The Morgan fingerprint density at radius 3 is 2.69 bits per heavy atom. The van der Waals surface area contributed by atoms with Crippen molar-refractivity contribution >= 4 is 49.3 Å². The number of pyridine rings is 1. The standard InChI is InChI=1S/C11H15Br2ClN2/c1-8(2)16(5-3-4-12)11-10(13)6-9(14)7-15-11/h6-8H,3-5H2,1-2H3. The first-order valence-electron chi connectivity index (χ1n) is 5.20. The second-order valence-corrected chi connectivity index (χ2v) is 5.87. The molecule has 2 nitrogen and oxygen atoms in total. The van der Waals surface area contributed by atoms with E-state index < -0.39 is 0 Å². The maximum absolute atomic E-state index is 5.89. The Labute approximate surface area is 119 Å². The number of hydrogen-bond acceptors (Lipinski definition) is 2. The summed E-state index contributed by atoms with van der Waals surface area (Å²) in [6.45, 7) is 5.31. The average Bonchev–Trinajstić information content (AvgIpc) is 2.20. The Bertz CT molecular complexity index is 345. The summed E-state index contributed by atoms with van der Waals surface area (Å²) >= 11 is 12.8. The van der Waals surface area contributed by atoms with Gasteiger partial charge in [-0.15, -0.1) is 0 Å². The number of nitrogens with zero attached hydrogens (tertiary/aromatic N) is 2. The fraction of sp³-hybridized carbons (Fsp3) is 0.545. The van der Waals surface area contributed by atoms with Crippen molar-refractivity contribution in [3.63, 3.8) is 0 Å². The van der Waals surface area contributed by atoms with Gasteiger partial charge in [0.25, 0.3) is 0 Å². The van der Waals surface area contributed by atoms with E-state index in [1.54, 1.807) is 6.20 Å². The lowest BCUT2D eigenvalue weighted by Gasteiger charge is -2.28. The van der Waals surface area contributed by atoms with Gasteiger partial charge in [-0.2, -0.15) is 0 Å². The molecule has 1 aromatic heterocycles. The van der Waals surface area contributed by atoms with Crippen molar-refractivity contribution in [2.24, 2.45) is 0 Å². The lowest BCUT2D eigenvalue weighted by molar-refractivity contribution is 0.664. The average molecular weight is 371 g/mol. The molecule has 0 spiro atoms. The lowest BCUT2D eigenvalue weighted by atomic mass is 10.3. The van der Waals surface area contributed by atoms with Gasteiger partial charge in [-0.25, -0.2) is 4.98 Å². The van der Waals surface area contributed by atoms with E-state index in [0.717, 1.165) is 28.6 Å². The van der Waals surface area contributed by atoms with Gasteiger partial charge in [0, 0.05) is 24.1 Å². The third kappa shape index (κ3) is 3.90. The van der Waals surface area contributed by atoms with Crippen LogP contribution in [0, 0.1) is 0 Å². The summed E-state index contributed by atoms with van der Waals surface area (Å²) in [6.07, 6.45) is 2.78. The fourth-order valence-corrected chi connectivity index (χ4v) is 2.57. The fourth-order valence-electron chi connectivity index (χ4n) is 1.46. The van der Waals surface area contributed by atoms with E-state index in [0.29, 0.717) is 11.1 Å². The van der Waals surface area contributed by atoms with Crippen LogP contribution in [-0.4, -0.2) is 22.9 Å². The normalized spacial score (nSPS) is 10.9. The van der Waals surface area contributed by atoms with Crippen LogP contribution in [0.4, 0.5) is 5.82 Å². The van der Waals surface area contributed by atoms with Gasteiger partial charge in [-0.05, 0) is 42.3 Å². The van der Waals surface area contributed by atoms with Crippen LogP contribution in [0.25, 0.3) is 0 Å². The van der Waals surface area contributed by atoms with Crippen molar-refractivity contribution in [1.82, 2.24) is 4.98 Å². The molecule has 0 saturated carbocycles. The maximum atomic E-state index is 5.89. The van der Waals surface area contributed by atoms with Gasteiger partial charge in [0.2, 0.25) is 0 Å². The number of aromatic nitrogens is 1. The predicted molar refractivity (Wildman–Crippen MR) is 77.8 cm³/mol. The van der Waals surface area contributed by atoms with Crippen molar-refractivity contribution in [2.75, 3.05) is 16.8 Å². The number of alkyl halides is 1. The molecule has 0 bridgehead atoms. The molecule has 16 heavy (non-hydrogen) atoms. The Balaban J connectivity index is 2.92. The smallest absolute Gasteiger partial charge is 0.143 e. The van der Waals surface area contributed by atoms with Crippen LogP contribution in [0.3, 0.4) is 0 Å². The molecule has 0 unspecified atom stereocenters. The van der Waals surface area contributed by atoms with E-state index in [4.69, 9.17) is 11.6 Å². The van der Waals surface area contributed by atoms with E-state index in [-0.39, 0.29) is 0 Å². The van der Waals surface area contributed by atoms with E-state index in [2.05, 4.69) is 55.6 Å². The minimum atomic E-state index is 0.420. The highest BCUT2D eigenvalue weighted by molar-refractivity contribution is 9.10. The van der Waals surface area contributed by atoms with Gasteiger partial charge in [-0.3, -0.25) is 0 Å². The molecule has 0 atom stereocenters. The van der Waals surface area contributed by atoms with E-state index in [1.807, 2.05) is 6.07 Å². The van der Waals surface area contributed by atoms with Gasteiger partial charge in [0.1, 0.15) is 5.82 Å². The largest absolute Gasteiger partial charge is 0.353 e. The van der Waals surface area contributed by atoms with Crippen molar-refractivity contribution in [1.29, 1.82) is 0 Å². The first-order valence-corrected chi connectivity index (χ1v) is 7.49. The monoisotopic (exact) mass is 368 g/mol. The summed E-state index contributed by atoms with van der Waals surface area (Å²) in [5, 5.41) is 1.65. The van der Waals surface area contributed by atoms with Crippen molar-refractivity contribution in [2.45, 2.75) is 26.3 Å². The number of hydrogen-bond donors (Lipinski definition) is 0. The molecule has 0 aromatic carbocycles. The van der Waals surface area contributed by atoms with Gasteiger partial charge < -0.3 is 4.90 Å². The second kappa shape index (κ2) is 6.82. The van der Waals surface area contributed by atoms with Crippen molar-refractivity contribution in [3.05, 3.63) is 21.8 Å². The Morgan fingerprint density at radius 2 is 2.19 bits per heavy atom. The minimum absolute atomic E-state index is 0.420. The molecule has 0 amide bonds. The molecule has 1 rings (SSSR count). The Morgan fingerprint density at radius 1 is 1.50 bits per heavy atom. The molecule has 1 aromatic rings. The second-order valence-electron chi connectivity index (χ2n) is 3.79. The molecular weight excluding hydrogens is 355 g/mol. The summed E-state index contributed by atoms with van der Waals surface area (Å²) in [5.74, 6) is 0.959. The minimum Gasteiger partial charge on any atom is -0.353 e. The highest BCUT2D eigenvalue weighted by Crippen LogP contribution is 2.27. The first-order chi connectivity index (χ1) is 7.56. The maximum Gasteiger partial charge on any atom is 0.143 e. The summed E-state index contributed by atoms with van der Waals surface area (Å²) in [4.78, 5) is 6.65. The molecule has 0 N–H and O–H groups in total. The van der Waals surface area contributed by atoms with E-state index >= 15 is 0 Å². The predicted octanol–water partition coefficient (Wildman–Crippen LogP) is 4.50. The highest BCUT2D eigenvalue weighted by Gasteiger charge is 2.14. The van der Waals surface area contributed by atoms with Gasteiger partial charge in [0.15, 0.2) is 0 Å². The van der Waals surface area contributed by atoms with Crippen LogP contribution >= 0.6 is 43.5 Å². The molecule has 1 heterocycles. The van der Waals surface area contributed by atoms with E-state index in [9.17, 15) is 0 Å². The lowest BCUT2D eigenvalue weighted by Crippen LogP contribution is -2.33. The van der Waals surface area contributed by atoms with Gasteiger partial charge >= 0.3 is 0 Å². The molecule has 0 fully saturated rings. The molecule has 0 aliphatic rings. The summed E-state index contributed by atoms with van der Waals surface area (Å²) < 4.78 is 0.947. The zero-order valence-corrected chi connectivity index (χ0v) is 13.3. The number of rotatable bonds is 5. The Hall–Kier alpha value is 0.200. The highest BCUT2D eigenvalue weighted by atomic mass is 79.9. The number of anilines is 1. The Kier molecular flexibility index (Phi) is 6.08. The number of halogens is 3. The molecular formula is C11H15Br2ClN2. The van der Waals surface area contributed by atoms with Crippen LogP contribution < -0.4 is 4.90 Å². The van der Waals surface area contributed by atoms with Crippen LogP contribution in [0.15, 0.2) is 16.7 Å². The summed E-state index contributed by atoms with van der Waals surface area (Å²) in [5.41, 5.74) is 0. The summed E-state index contributed by atoms with van der Waals surface area (Å²) in [6, 6.07) is 2.30. The molecule has 0 aliphatic heterocycles. The van der Waals surface area contributed by atoms with Crippen LogP contribution in [0.5, 0.6) is 0 Å². The molecule has 90 valence electrons. The van der Waals surface area contributed by atoms with E-state index in [1.165, 1.54) is 0 Å². The zero-order chi connectivity index (χ0) is 12.1. The third-order valence-corrected chi connectivity index (χ3v) is 3.57. The topological polar surface area (TPSA) is 16.1 Å². The van der Waals surface area contributed by atoms with Crippen LogP contribution in [-0.2, 0) is 0 Å². The molecule has 5 heteroatoms. The quantitative estimate of drug-likeness (QED) is 0.710. The van der Waals surface area contributed by atoms with Crippen molar-refractivity contribution < 1.29 is 0 Å². The molecule has 0 saturated heterocycles. The van der Waals surface area contributed by atoms with Crippen LogP contribution in [0.1, 0.15) is 20.3 Å². The molecule has 0 aliphatic carbocycles. The van der Waals surface area contributed by atoms with Gasteiger partial charge in [0.05, 0.1) is 9.50 Å². The first kappa shape index (κ1) is 14.3. The zero-order valence-electron chi connectivity index (χ0n) is 9.38. The van der Waals surface area contributed by atoms with Crippen LogP contribution in [0.2, 0.25) is 5.02 Å². The summed E-state index contributed by atoms with van der Waals surface area (Å²) in [7, 11) is 0. The van der Waals surface area contributed by atoms with Gasteiger partial charge in [-0.1, -0.05) is 27.5 Å². The SMILES string of the molecule is CC(C)N(CCCBr)c1ncc(Cl)cc1Br. The third-order valence-electron chi connectivity index (χ3n) is 2.22. The van der Waals surface area contributed by atoms with Crippen molar-refractivity contribution in [3.8, 4) is 0 Å².